The molecule has 130 valence electrons. The van der Waals surface area contributed by atoms with Crippen LogP contribution in [-0.2, 0) is 13.0 Å². The fourth-order valence-corrected chi connectivity index (χ4v) is 2.81. The number of hydrogen-bond acceptors (Lipinski definition) is 6. The van der Waals surface area contributed by atoms with Crippen molar-refractivity contribution in [2.45, 2.75) is 46.7 Å². The van der Waals surface area contributed by atoms with Gasteiger partial charge in [0.15, 0.2) is 0 Å². The molecule has 0 fully saturated rings. The predicted molar refractivity (Wildman–Crippen MR) is 98.1 cm³/mol. The van der Waals surface area contributed by atoms with Gasteiger partial charge in [-0.3, -0.25) is 0 Å². The second kappa shape index (κ2) is 8.06. The highest BCUT2D eigenvalue weighted by atomic mass is 15.2. The van der Waals surface area contributed by atoms with Crippen molar-refractivity contribution < 1.29 is 0 Å². The lowest BCUT2D eigenvalue weighted by Gasteiger charge is -2.23. The molecular formula is C18H28N6. The normalized spacial score (nSPS) is 12.8. The molecule has 0 spiro atoms. The van der Waals surface area contributed by atoms with Crippen LogP contribution in [0.15, 0.2) is 24.3 Å². The Morgan fingerprint density at radius 2 is 1.50 bits per heavy atom. The van der Waals surface area contributed by atoms with Crippen molar-refractivity contribution in [3.05, 3.63) is 41.2 Å². The number of aromatic nitrogens is 3. The second-order valence-corrected chi connectivity index (χ2v) is 6.91. The number of anilines is 2. The first-order valence-electron chi connectivity index (χ1n) is 8.43. The fourth-order valence-electron chi connectivity index (χ4n) is 2.81. The van der Waals surface area contributed by atoms with Gasteiger partial charge in [-0.25, -0.2) is 0 Å². The zero-order valence-electron chi connectivity index (χ0n) is 15.0. The summed E-state index contributed by atoms with van der Waals surface area (Å²) >= 11 is 0. The van der Waals surface area contributed by atoms with Crippen LogP contribution in [0.25, 0.3) is 0 Å². The standard InChI is InChI=1S/C18H28N6/c1-11(2)9-13-5-7-14(8-6-13)16(12(3)4)21-10-15-22-17(19)24-18(20)23-15/h5-8,11-12,16,21H,9-10H2,1-4H3,(H4,19,20,22,23,24)/t16-/m1/s1. The van der Waals surface area contributed by atoms with Gasteiger partial charge in [0, 0.05) is 6.04 Å². The van der Waals surface area contributed by atoms with Gasteiger partial charge in [0.25, 0.3) is 0 Å². The highest BCUT2D eigenvalue weighted by Crippen LogP contribution is 2.23. The summed E-state index contributed by atoms with van der Waals surface area (Å²) in [6.07, 6.45) is 1.10. The molecule has 0 saturated carbocycles. The summed E-state index contributed by atoms with van der Waals surface area (Å²) in [7, 11) is 0. The molecule has 1 aromatic carbocycles. The molecule has 1 atom stereocenters. The zero-order valence-corrected chi connectivity index (χ0v) is 15.0. The van der Waals surface area contributed by atoms with Gasteiger partial charge < -0.3 is 16.8 Å². The van der Waals surface area contributed by atoms with Crippen LogP contribution in [0.1, 0.15) is 50.7 Å². The van der Waals surface area contributed by atoms with Gasteiger partial charge in [0.2, 0.25) is 11.9 Å². The first-order valence-corrected chi connectivity index (χ1v) is 8.43. The summed E-state index contributed by atoms with van der Waals surface area (Å²) in [6, 6.07) is 9.03. The molecule has 2 rings (SSSR count). The molecule has 0 saturated heterocycles. The van der Waals surface area contributed by atoms with Crippen molar-refractivity contribution >= 4 is 11.9 Å². The SMILES string of the molecule is CC(C)Cc1ccc([C@H](NCc2nc(N)nc(N)n2)C(C)C)cc1. The Morgan fingerprint density at radius 1 is 0.917 bits per heavy atom. The van der Waals surface area contributed by atoms with Crippen LogP contribution in [0.2, 0.25) is 0 Å². The number of nitrogen functional groups attached to an aromatic ring is 2. The van der Waals surface area contributed by atoms with Gasteiger partial charge >= 0.3 is 0 Å². The third kappa shape index (κ3) is 5.16. The van der Waals surface area contributed by atoms with Crippen LogP contribution in [0.5, 0.6) is 0 Å². The molecule has 0 aliphatic rings. The zero-order chi connectivity index (χ0) is 17.7. The topological polar surface area (TPSA) is 103 Å². The van der Waals surface area contributed by atoms with Crippen molar-refractivity contribution in [2.75, 3.05) is 11.5 Å². The van der Waals surface area contributed by atoms with E-state index in [-0.39, 0.29) is 17.9 Å². The Morgan fingerprint density at radius 3 is 2.00 bits per heavy atom. The molecule has 1 heterocycles. The minimum atomic E-state index is 0.151. The van der Waals surface area contributed by atoms with Gasteiger partial charge in [-0.1, -0.05) is 52.0 Å². The quantitative estimate of drug-likeness (QED) is 0.722. The Kier molecular flexibility index (Phi) is 6.09. The summed E-state index contributed by atoms with van der Waals surface area (Å²) in [4.78, 5) is 12.0. The maximum absolute atomic E-state index is 5.62. The number of nitrogens with one attached hydrogen (secondary N) is 1. The van der Waals surface area contributed by atoms with E-state index in [1.165, 1.54) is 11.1 Å². The number of rotatable bonds is 7. The highest BCUT2D eigenvalue weighted by Gasteiger charge is 2.16. The van der Waals surface area contributed by atoms with E-state index >= 15 is 0 Å². The molecule has 0 radical (unpaired) electrons. The number of nitrogens with two attached hydrogens (primary N) is 2. The molecule has 1 aromatic heterocycles. The van der Waals surface area contributed by atoms with Gasteiger partial charge in [-0.05, 0) is 29.4 Å². The fraction of sp³-hybridized carbons (Fsp3) is 0.500. The minimum absolute atomic E-state index is 0.151. The molecule has 0 bridgehead atoms. The molecule has 0 unspecified atom stereocenters. The van der Waals surface area contributed by atoms with E-state index < -0.39 is 0 Å². The largest absolute Gasteiger partial charge is 0.368 e. The monoisotopic (exact) mass is 328 g/mol. The van der Waals surface area contributed by atoms with Crippen LogP contribution in [-0.4, -0.2) is 15.0 Å². The van der Waals surface area contributed by atoms with Crippen molar-refractivity contribution in [2.24, 2.45) is 11.8 Å². The first-order chi connectivity index (χ1) is 11.3. The van der Waals surface area contributed by atoms with Gasteiger partial charge in [-0.2, -0.15) is 15.0 Å². The highest BCUT2D eigenvalue weighted by molar-refractivity contribution is 5.27. The van der Waals surface area contributed by atoms with Crippen molar-refractivity contribution in [3.63, 3.8) is 0 Å². The third-order valence-corrected chi connectivity index (χ3v) is 3.85. The maximum atomic E-state index is 5.62. The summed E-state index contributed by atoms with van der Waals surface area (Å²) < 4.78 is 0. The van der Waals surface area contributed by atoms with E-state index in [2.05, 4.69) is 72.2 Å². The lowest BCUT2D eigenvalue weighted by molar-refractivity contribution is 0.405. The summed E-state index contributed by atoms with van der Waals surface area (Å²) in [6.45, 7) is 9.34. The van der Waals surface area contributed by atoms with E-state index in [1.54, 1.807) is 0 Å². The van der Waals surface area contributed by atoms with Crippen molar-refractivity contribution in [3.8, 4) is 0 Å². The van der Waals surface area contributed by atoms with Crippen molar-refractivity contribution in [1.29, 1.82) is 0 Å². The summed E-state index contributed by atoms with van der Waals surface area (Å²) in [5.41, 5.74) is 13.9. The smallest absolute Gasteiger partial charge is 0.225 e. The van der Waals surface area contributed by atoms with Gasteiger partial charge in [-0.15, -0.1) is 0 Å². The number of benzene rings is 1. The molecule has 0 aliphatic carbocycles. The van der Waals surface area contributed by atoms with Crippen LogP contribution >= 0.6 is 0 Å². The lowest BCUT2D eigenvalue weighted by Crippen LogP contribution is -2.26. The molecule has 6 nitrogen and oxygen atoms in total. The molecule has 0 aliphatic heterocycles. The van der Waals surface area contributed by atoms with E-state index in [0.29, 0.717) is 24.2 Å². The van der Waals surface area contributed by atoms with Crippen molar-refractivity contribution in [1.82, 2.24) is 20.3 Å². The Balaban J connectivity index is 2.08. The molecule has 5 N–H and O–H groups in total. The van der Waals surface area contributed by atoms with Crippen LogP contribution < -0.4 is 16.8 Å². The number of hydrogen-bond donors (Lipinski definition) is 3. The molecule has 2 aromatic rings. The average Bonchev–Trinajstić information content (AvgIpc) is 2.47. The number of nitrogens with zero attached hydrogens (tertiary/aromatic N) is 3. The second-order valence-electron chi connectivity index (χ2n) is 6.91. The van der Waals surface area contributed by atoms with Crippen LogP contribution in [0.4, 0.5) is 11.9 Å². The Hall–Kier alpha value is -2.21. The summed E-state index contributed by atoms with van der Waals surface area (Å²) in [5, 5.41) is 3.50. The van der Waals surface area contributed by atoms with E-state index in [9.17, 15) is 0 Å². The van der Waals surface area contributed by atoms with E-state index in [0.717, 1.165) is 6.42 Å². The summed E-state index contributed by atoms with van der Waals surface area (Å²) in [5.74, 6) is 1.95. The predicted octanol–water partition coefficient (Wildman–Crippen LogP) is 2.72. The van der Waals surface area contributed by atoms with Crippen LogP contribution in [0.3, 0.4) is 0 Å². The minimum Gasteiger partial charge on any atom is -0.368 e. The van der Waals surface area contributed by atoms with Gasteiger partial charge in [0.1, 0.15) is 5.82 Å². The van der Waals surface area contributed by atoms with Gasteiger partial charge in [0.05, 0.1) is 6.54 Å². The first kappa shape index (κ1) is 18.1. The van der Waals surface area contributed by atoms with E-state index in [4.69, 9.17) is 11.5 Å². The maximum Gasteiger partial charge on any atom is 0.225 e. The molecule has 24 heavy (non-hydrogen) atoms. The average molecular weight is 328 g/mol. The lowest BCUT2D eigenvalue weighted by atomic mass is 9.94. The Labute approximate surface area is 144 Å². The van der Waals surface area contributed by atoms with E-state index in [1.807, 2.05) is 0 Å². The molecule has 6 heteroatoms. The molecule has 0 amide bonds. The van der Waals surface area contributed by atoms with Crippen LogP contribution in [0, 0.1) is 11.8 Å². The Bertz CT molecular complexity index is 631. The molecular weight excluding hydrogens is 300 g/mol. The third-order valence-electron chi connectivity index (χ3n) is 3.85.